The highest BCUT2D eigenvalue weighted by atomic mass is 32.2. The van der Waals surface area contributed by atoms with Crippen LogP contribution in [0.3, 0.4) is 0 Å². The minimum atomic E-state index is -0.0726. The van der Waals surface area contributed by atoms with Crippen molar-refractivity contribution in [1.29, 1.82) is 0 Å². The third kappa shape index (κ3) is 3.30. The molecule has 0 saturated heterocycles. The summed E-state index contributed by atoms with van der Waals surface area (Å²) in [7, 11) is 3.65. The summed E-state index contributed by atoms with van der Waals surface area (Å²) in [5.41, 5.74) is 8.50. The third-order valence-corrected chi connectivity index (χ3v) is 4.13. The molecule has 1 heterocycles. The van der Waals surface area contributed by atoms with Gasteiger partial charge < -0.3 is 15.0 Å². The van der Waals surface area contributed by atoms with Crippen LogP contribution in [0.15, 0.2) is 35.7 Å². The van der Waals surface area contributed by atoms with Gasteiger partial charge in [0.25, 0.3) is 0 Å². The van der Waals surface area contributed by atoms with Gasteiger partial charge >= 0.3 is 0 Å². The molecule has 2 aromatic rings. The Morgan fingerprint density at radius 2 is 2.26 bits per heavy atom. The fraction of sp³-hybridized carbons (Fsp3) is 0.357. The molecule has 2 N–H and O–H groups in total. The molecule has 1 atom stereocenters. The van der Waals surface area contributed by atoms with Crippen LogP contribution in [0.2, 0.25) is 0 Å². The maximum absolute atomic E-state index is 6.27. The Balaban J connectivity index is 2.09. The average Bonchev–Trinajstić information content (AvgIpc) is 2.81. The number of methoxy groups -OCH3 is 1. The quantitative estimate of drug-likeness (QED) is 0.853. The summed E-state index contributed by atoms with van der Waals surface area (Å²) in [5.74, 6) is 1.61. The summed E-state index contributed by atoms with van der Waals surface area (Å²) in [6.45, 7) is 2.06. The number of ether oxygens (including phenoxy) is 1. The van der Waals surface area contributed by atoms with E-state index >= 15 is 0 Å². The molecular formula is C14H19N3OS. The van der Waals surface area contributed by atoms with E-state index in [9.17, 15) is 0 Å². The first-order chi connectivity index (χ1) is 9.11. The van der Waals surface area contributed by atoms with Gasteiger partial charge in [0.15, 0.2) is 5.16 Å². The summed E-state index contributed by atoms with van der Waals surface area (Å²) in [6, 6.07) is 6.01. The lowest BCUT2D eigenvalue weighted by Crippen LogP contribution is -2.14. The Labute approximate surface area is 118 Å². The lowest BCUT2D eigenvalue weighted by atomic mass is 10.1. The molecule has 19 heavy (non-hydrogen) atoms. The maximum Gasteiger partial charge on any atom is 0.167 e. The first-order valence-corrected chi connectivity index (χ1v) is 7.10. The van der Waals surface area contributed by atoms with E-state index in [1.54, 1.807) is 25.1 Å². The molecule has 0 aliphatic rings. The second-order valence-electron chi connectivity index (χ2n) is 4.48. The Morgan fingerprint density at radius 1 is 1.47 bits per heavy atom. The molecule has 1 aromatic heterocycles. The van der Waals surface area contributed by atoms with Crippen molar-refractivity contribution in [2.24, 2.45) is 12.8 Å². The normalized spacial score (nSPS) is 12.4. The highest BCUT2D eigenvalue weighted by molar-refractivity contribution is 7.99. The molecule has 0 bridgehead atoms. The van der Waals surface area contributed by atoms with Gasteiger partial charge in [0, 0.05) is 36.8 Å². The predicted octanol–water partition coefficient (Wildman–Crippen LogP) is 2.53. The molecule has 2 rings (SSSR count). The molecule has 0 aliphatic heterocycles. The summed E-state index contributed by atoms with van der Waals surface area (Å²) < 4.78 is 7.36. The monoisotopic (exact) mass is 277 g/mol. The van der Waals surface area contributed by atoms with Gasteiger partial charge in [0.1, 0.15) is 5.75 Å². The summed E-state index contributed by atoms with van der Waals surface area (Å²) in [5, 5.41) is 0.974. The van der Waals surface area contributed by atoms with E-state index in [4.69, 9.17) is 10.5 Å². The molecule has 0 radical (unpaired) electrons. The molecule has 5 heteroatoms. The zero-order valence-electron chi connectivity index (χ0n) is 11.5. The molecular weight excluding hydrogens is 258 g/mol. The van der Waals surface area contributed by atoms with Gasteiger partial charge in [-0.25, -0.2) is 4.98 Å². The van der Waals surface area contributed by atoms with Gasteiger partial charge in [-0.15, -0.1) is 0 Å². The second kappa shape index (κ2) is 6.12. The molecule has 0 spiro atoms. The van der Waals surface area contributed by atoms with Crippen molar-refractivity contribution in [2.75, 3.05) is 12.9 Å². The van der Waals surface area contributed by atoms with Crippen LogP contribution in [0, 0.1) is 6.92 Å². The first-order valence-electron chi connectivity index (χ1n) is 6.12. The van der Waals surface area contributed by atoms with Crippen molar-refractivity contribution >= 4 is 11.8 Å². The number of hydrogen-bond acceptors (Lipinski definition) is 4. The smallest absolute Gasteiger partial charge is 0.167 e. The Bertz CT molecular complexity index is 553. The van der Waals surface area contributed by atoms with Crippen LogP contribution in [-0.4, -0.2) is 22.4 Å². The van der Waals surface area contributed by atoms with Gasteiger partial charge in [0.2, 0.25) is 0 Å². The minimum Gasteiger partial charge on any atom is -0.496 e. The van der Waals surface area contributed by atoms with Crippen molar-refractivity contribution in [3.8, 4) is 5.75 Å². The van der Waals surface area contributed by atoms with Crippen LogP contribution >= 0.6 is 11.8 Å². The number of aryl methyl sites for hydroxylation is 2. The van der Waals surface area contributed by atoms with E-state index in [0.717, 1.165) is 22.2 Å². The number of hydrogen-bond donors (Lipinski definition) is 1. The van der Waals surface area contributed by atoms with E-state index in [0.29, 0.717) is 0 Å². The van der Waals surface area contributed by atoms with Crippen molar-refractivity contribution in [3.05, 3.63) is 41.7 Å². The SMILES string of the molecule is COc1ccc(C)cc1C(N)CSc1nccn1C. The molecule has 4 nitrogen and oxygen atoms in total. The number of imidazole rings is 1. The first kappa shape index (κ1) is 14.0. The zero-order valence-corrected chi connectivity index (χ0v) is 12.3. The van der Waals surface area contributed by atoms with Crippen LogP contribution in [-0.2, 0) is 7.05 Å². The van der Waals surface area contributed by atoms with E-state index in [-0.39, 0.29) is 6.04 Å². The second-order valence-corrected chi connectivity index (χ2v) is 5.47. The Hall–Kier alpha value is -1.46. The number of rotatable bonds is 5. The standard InChI is InChI=1S/C14H19N3OS/c1-10-4-5-13(18-3)11(8-10)12(15)9-19-14-16-6-7-17(14)2/h4-8,12H,9,15H2,1-3H3. The molecule has 1 unspecified atom stereocenters. The third-order valence-electron chi connectivity index (χ3n) is 2.95. The molecule has 0 saturated carbocycles. The van der Waals surface area contributed by atoms with Crippen molar-refractivity contribution < 1.29 is 4.74 Å². The van der Waals surface area contributed by atoms with Crippen LogP contribution in [0.4, 0.5) is 0 Å². The highest BCUT2D eigenvalue weighted by Gasteiger charge is 2.13. The molecule has 102 valence electrons. The summed E-state index contributed by atoms with van der Waals surface area (Å²) in [4.78, 5) is 4.28. The van der Waals surface area contributed by atoms with E-state index in [1.165, 1.54) is 5.56 Å². The number of nitrogens with zero attached hydrogens (tertiary/aromatic N) is 2. The fourth-order valence-electron chi connectivity index (χ4n) is 1.89. The van der Waals surface area contributed by atoms with Gasteiger partial charge in [-0.3, -0.25) is 0 Å². The van der Waals surface area contributed by atoms with Gasteiger partial charge in [-0.2, -0.15) is 0 Å². The number of benzene rings is 1. The number of aromatic nitrogens is 2. The van der Waals surface area contributed by atoms with E-state index < -0.39 is 0 Å². The molecule has 0 fully saturated rings. The molecule has 0 amide bonds. The van der Waals surface area contributed by atoms with Crippen LogP contribution in [0.25, 0.3) is 0 Å². The van der Waals surface area contributed by atoms with E-state index in [2.05, 4.69) is 18.0 Å². The Morgan fingerprint density at radius 3 is 2.89 bits per heavy atom. The summed E-state index contributed by atoms with van der Waals surface area (Å²) in [6.07, 6.45) is 3.72. The molecule has 1 aromatic carbocycles. The zero-order chi connectivity index (χ0) is 13.8. The van der Waals surface area contributed by atoms with Crippen LogP contribution in [0.5, 0.6) is 5.75 Å². The average molecular weight is 277 g/mol. The highest BCUT2D eigenvalue weighted by Crippen LogP contribution is 2.28. The van der Waals surface area contributed by atoms with Crippen molar-refractivity contribution in [1.82, 2.24) is 9.55 Å². The number of nitrogens with two attached hydrogens (primary N) is 1. The predicted molar refractivity (Wildman–Crippen MR) is 78.6 cm³/mol. The van der Waals surface area contributed by atoms with Crippen molar-refractivity contribution in [2.45, 2.75) is 18.1 Å². The van der Waals surface area contributed by atoms with Gasteiger partial charge in [-0.05, 0) is 13.0 Å². The van der Waals surface area contributed by atoms with Gasteiger partial charge in [0.05, 0.1) is 7.11 Å². The van der Waals surface area contributed by atoms with E-state index in [1.807, 2.05) is 29.9 Å². The van der Waals surface area contributed by atoms with Crippen molar-refractivity contribution in [3.63, 3.8) is 0 Å². The fourth-order valence-corrected chi connectivity index (χ4v) is 2.80. The van der Waals surface area contributed by atoms with Gasteiger partial charge in [-0.1, -0.05) is 29.5 Å². The van der Waals surface area contributed by atoms with Crippen LogP contribution in [0.1, 0.15) is 17.2 Å². The largest absolute Gasteiger partial charge is 0.496 e. The number of thioether (sulfide) groups is 1. The topological polar surface area (TPSA) is 53.1 Å². The van der Waals surface area contributed by atoms with Crippen LogP contribution < -0.4 is 10.5 Å². The summed E-state index contributed by atoms with van der Waals surface area (Å²) >= 11 is 1.65. The lowest BCUT2D eigenvalue weighted by Gasteiger charge is -2.16. The Kier molecular flexibility index (Phi) is 4.50. The lowest BCUT2D eigenvalue weighted by molar-refractivity contribution is 0.407. The molecule has 0 aliphatic carbocycles. The minimum absolute atomic E-state index is 0.0726. The maximum atomic E-state index is 6.27.